The van der Waals surface area contributed by atoms with Crippen LogP contribution in [0.2, 0.25) is 0 Å². The molecule has 0 saturated heterocycles. The number of hydrogen-bond acceptors (Lipinski definition) is 4. The van der Waals surface area contributed by atoms with E-state index in [4.69, 9.17) is 4.98 Å². The molecule has 1 heterocycles. The Kier molecular flexibility index (Phi) is 4.69. The van der Waals surface area contributed by atoms with E-state index in [9.17, 15) is 0 Å². The second kappa shape index (κ2) is 5.88. The minimum Gasteiger partial charge on any atom is -0.346 e. The van der Waals surface area contributed by atoms with Crippen LogP contribution >= 0.6 is 11.3 Å². The number of anilines is 1. The number of nitrogens with one attached hydrogen (secondary N) is 1. The first-order valence-corrected chi connectivity index (χ1v) is 8.94. The van der Waals surface area contributed by atoms with Gasteiger partial charge in [0.15, 0.2) is 5.13 Å². The third-order valence-electron chi connectivity index (χ3n) is 4.52. The predicted molar refractivity (Wildman–Crippen MR) is 93.5 cm³/mol. The number of nitrogens with zero attached hydrogens (tertiary/aromatic N) is 2. The number of thiazole rings is 1. The first-order chi connectivity index (χ1) is 9.64. The van der Waals surface area contributed by atoms with E-state index < -0.39 is 0 Å². The van der Waals surface area contributed by atoms with Gasteiger partial charge < -0.3 is 10.2 Å². The number of rotatable bonds is 6. The van der Waals surface area contributed by atoms with Gasteiger partial charge in [0.25, 0.3) is 0 Å². The summed E-state index contributed by atoms with van der Waals surface area (Å²) in [4.78, 5) is 8.77. The van der Waals surface area contributed by atoms with Gasteiger partial charge in [-0.3, -0.25) is 0 Å². The quantitative estimate of drug-likeness (QED) is 0.836. The van der Waals surface area contributed by atoms with Gasteiger partial charge in [-0.25, -0.2) is 4.98 Å². The maximum absolute atomic E-state index is 4.99. The molecule has 1 aromatic heterocycles. The summed E-state index contributed by atoms with van der Waals surface area (Å²) in [5.41, 5.74) is 1.66. The normalized spacial score (nSPS) is 16.3. The molecule has 1 N–H and O–H groups in total. The van der Waals surface area contributed by atoms with E-state index in [1.165, 1.54) is 28.5 Å². The van der Waals surface area contributed by atoms with Crippen molar-refractivity contribution in [1.82, 2.24) is 10.3 Å². The Morgan fingerprint density at radius 2 is 1.86 bits per heavy atom. The highest BCUT2D eigenvalue weighted by Gasteiger charge is 2.32. The number of hydrogen-bond donors (Lipinski definition) is 1. The van der Waals surface area contributed by atoms with Crippen LogP contribution in [0.1, 0.15) is 77.3 Å². The van der Waals surface area contributed by atoms with Crippen molar-refractivity contribution < 1.29 is 0 Å². The fourth-order valence-corrected chi connectivity index (χ4v) is 3.35. The molecule has 3 nitrogen and oxygen atoms in total. The van der Waals surface area contributed by atoms with E-state index in [1.807, 2.05) is 11.3 Å². The van der Waals surface area contributed by atoms with Crippen molar-refractivity contribution >= 4 is 16.5 Å². The zero-order chi connectivity index (χ0) is 15.8. The van der Waals surface area contributed by atoms with Gasteiger partial charge in [-0.1, -0.05) is 6.92 Å². The molecule has 0 radical (unpaired) electrons. The van der Waals surface area contributed by atoms with E-state index >= 15 is 0 Å². The third kappa shape index (κ3) is 4.19. The molecule has 2 rings (SSSR count). The van der Waals surface area contributed by atoms with Crippen LogP contribution in [0.15, 0.2) is 0 Å². The summed E-state index contributed by atoms with van der Waals surface area (Å²) >= 11 is 1.87. The fraction of sp³-hybridized carbons (Fsp3) is 0.824. The van der Waals surface area contributed by atoms with Crippen molar-refractivity contribution in [3.63, 3.8) is 0 Å². The zero-order valence-corrected chi connectivity index (χ0v) is 15.5. The Morgan fingerprint density at radius 3 is 2.33 bits per heavy atom. The standard InChI is InChI=1S/C17H31N3S/c1-8-17(5,6)20(7)15-19-14(12-9-10-12)13(21-15)11-18-16(2,3)4/h12,18H,8-11H2,1-7H3. The van der Waals surface area contributed by atoms with E-state index in [1.54, 1.807) is 0 Å². The van der Waals surface area contributed by atoms with Crippen LogP contribution in [0.3, 0.4) is 0 Å². The van der Waals surface area contributed by atoms with Crippen LogP contribution in [0, 0.1) is 0 Å². The van der Waals surface area contributed by atoms with E-state index in [0.717, 1.165) is 13.0 Å². The largest absolute Gasteiger partial charge is 0.346 e. The average molecular weight is 310 g/mol. The molecule has 1 fully saturated rings. The molecule has 1 saturated carbocycles. The van der Waals surface area contributed by atoms with E-state index in [2.05, 4.69) is 58.8 Å². The molecule has 0 spiro atoms. The summed E-state index contributed by atoms with van der Waals surface area (Å²) in [6.45, 7) is 14.4. The maximum atomic E-state index is 4.99. The molecule has 0 amide bonds. The van der Waals surface area contributed by atoms with Crippen LogP contribution in [-0.2, 0) is 6.54 Å². The molecule has 4 heteroatoms. The van der Waals surface area contributed by atoms with Crippen LogP contribution in [0.25, 0.3) is 0 Å². The van der Waals surface area contributed by atoms with Crippen LogP contribution in [0.4, 0.5) is 5.13 Å². The molecule has 1 aromatic rings. The summed E-state index contributed by atoms with van der Waals surface area (Å²) in [7, 11) is 2.18. The molecular formula is C17H31N3S. The maximum Gasteiger partial charge on any atom is 0.186 e. The Bertz CT molecular complexity index is 481. The Labute approximate surface area is 134 Å². The van der Waals surface area contributed by atoms with E-state index in [0.29, 0.717) is 5.92 Å². The average Bonchev–Trinajstić information content (AvgIpc) is 3.15. The minimum atomic E-state index is 0.152. The second-order valence-electron chi connectivity index (χ2n) is 7.91. The second-order valence-corrected chi connectivity index (χ2v) is 8.97. The van der Waals surface area contributed by atoms with Crippen molar-refractivity contribution in [2.24, 2.45) is 0 Å². The molecule has 0 aromatic carbocycles. The SMILES string of the molecule is CCC(C)(C)N(C)c1nc(C2CC2)c(CNC(C)(C)C)s1. The summed E-state index contributed by atoms with van der Waals surface area (Å²) in [6, 6.07) is 0. The summed E-state index contributed by atoms with van der Waals surface area (Å²) < 4.78 is 0. The smallest absolute Gasteiger partial charge is 0.186 e. The van der Waals surface area contributed by atoms with Gasteiger partial charge in [0.1, 0.15) is 0 Å². The lowest BCUT2D eigenvalue weighted by atomic mass is 10.0. The summed E-state index contributed by atoms with van der Waals surface area (Å²) in [5.74, 6) is 0.713. The van der Waals surface area contributed by atoms with Crippen LogP contribution in [0.5, 0.6) is 0 Å². The fourth-order valence-electron chi connectivity index (χ4n) is 2.14. The lowest BCUT2D eigenvalue weighted by molar-refractivity contribution is 0.425. The predicted octanol–water partition coefficient (Wildman–Crippen LogP) is 4.53. The van der Waals surface area contributed by atoms with Gasteiger partial charge in [-0.15, -0.1) is 11.3 Å². The third-order valence-corrected chi connectivity index (χ3v) is 5.67. The van der Waals surface area contributed by atoms with Crippen LogP contribution < -0.4 is 10.2 Å². The van der Waals surface area contributed by atoms with Crippen LogP contribution in [-0.4, -0.2) is 23.1 Å². The molecule has 0 bridgehead atoms. The van der Waals surface area contributed by atoms with Gasteiger partial charge in [0, 0.05) is 35.5 Å². The minimum absolute atomic E-state index is 0.152. The topological polar surface area (TPSA) is 28.2 Å². The lowest BCUT2D eigenvalue weighted by Crippen LogP contribution is -2.40. The van der Waals surface area contributed by atoms with Gasteiger partial charge in [0.05, 0.1) is 5.69 Å². The Hall–Kier alpha value is -0.610. The van der Waals surface area contributed by atoms with Crippen molar-refractivity contribution in [3.8, 4) is 0 Å². The first kappa shape index (κ1) is 16.8. The van der Waals surface area contributed by atoms with Crippen molar-refractivity contribution in [2.45, 2.75) is 84.3 Å². The van der Waals surface area contributed by atoms with Crippen molar-refractivity contribution in [3.05, 3.63) is 10.6 Å². The molecule has 1 aliphatic rings. The van der Waals surface area contributed by atoms with Crippen molar-refractivity contribution in [2.75, 3.05) is 11.9 Å². The van der Waals surface area contributed by atoms with Gasteiger partial charge in [-0.05, 0) is 53.9 Å². The Balaban J connectivity index is 2.21. The van der Waals surface area contributed by atoms with E-state index in [-0.39, 0.29) is 11.1 Å². The van der Waals surface area contributed by atoms with Gasteiger partial charge in [0.2, 0.25) is 0 Å². The molecule has 120 valence electrons. The molecule has 0 unspecified atom stereocenters. The highest BCUT2D eigenvalue weighted by molar-refractivity contribution is 7.15. The van der Waals surface area contributed by atoms with Crippen molar-refractivity contribution in [1.29, 1.82) is 0 Å². The lowest BCUT2D eigenvalue weighted by Gasteiger charge is -2.34. The zero-order valence-electron chi connectivity index (χ0n) is 14.7. The molecule has 0 atom stereocenters. The molecule has 1 aliphatic carbocycles. The summed E-state index contributed by atoms with van der Waals surface area (Å²) in [5, 5.41) is 4.79. The molecular weight excluding hydrogens is 278 g/mol. The first-order valence-electron chi connectivity index (χ1n) is 8.12. The number of aromatic nitrogens is 1. The molecule has 21 heavy (non-hydrogen) atoms. The van der Waals surface area contributed by atoms with Gasteiger partial charge in [-0.2, -0.15) is 0 Å². The monoisotopic (exact) mass is 309 g/mol. The Morgan fingerprint density at radius 1 is 1.24 bits per heavy atom. The summed E-state index contributed by atoms with van der Waals surface area (Å²) in [6.07, 6.45) is 3.75. The highest BCUT2D eigenvalue weighted by Crippen LogP contribution is 2.44. The molecule has 0 aliphatic heterocycles. The van der Waals surface area contributed by atoms with Gasteiger partial charge >= 0.3 is 0 Å². The highest BCUT2D eigenvalue weighted by atomic mass is 32.1.